The first-order valence-corrected chi connectivity index (χ1v) is 7.88. The molecular formula is C16H23BrN2O. The van der Waals surface area contributed by atoms with Crippen molar-refractivity contribution in [1.29, 1.82) is 0 Å². The molecule has 1 amide bonds. The van der Waals surface area contributed by atoms with Crippen molar-refractivity contribution in [2.24, 2.45) is 5.41 Å². The maximum absolute atomic E-state index is 12.3. The number of carbonyl (C=O) groups excluding carboxylic acids is 1. The molecule has 0 aromatic heterocycles. The molecule has 1 aromatic rings. The van der Waals surface area contributed by atoms with Crippen LogP contribution in [0.15, 0.2) is 28.7 Å². The van der Waals surface area contributed by atoms with Crippen LogP contribution in [0.5, 0.6) is 0 Å². The first-order chi connectivity index (χ1) is 9.39. The average Bonchev–Trinajstić information content (AvgIpc) is 3.17. The molecule has 1 aliphatic carbocycles. The van der Waals surface area contributed by atoms with Crippen molar-refractivity contribution in [2.75, 3.05) is 20.1 Å². The first kappa shape index (κ1) is 15.5. The van der Waals surface area contributed by atoms with E-state index in [0.29, 0.717) is 6.54 Å². The molecule has 1 aromatic carbocycles. The Balaban J connectivity index is 1.97. The van der Waals surface area contributed by atoms with Crippen LogP contribution in [0.4, 0.5) is 0 Å². The van der Waals surface area contributed by atoms with E-state index in [0.717, 1.165) is 23.9 Å². The second kappa shape index (κ2) is 5.86. The van der Waals surface area contributed by atoms with Gasteiger partial charge in [0.2, 0.25) is 5.91 Å². The van der Waals surface area contributed by atoms with Crippen LogP contribution in [0.25, 0.3) is 0 Å². The van der Waals surface area contributed by atoms with Crippen LogP contribution in [-0.4, -0.2) is 26.0 Å². The number of nitrogens with one attached hydrogen (secondary N) is 2. The Morgan fingerprint density at radius 3 is 2.65 bits per heavy atom. The van der Waals surface area contributed by atoms with E-state index in [1.165, 1.54) is 5.56 Å². The Bertz CT molecular complexity index is 495. The Morgan fingerprint density at radius 2 is 2.10 bits per heavy atom. The predicted octanol–water partition coefficient (Wildman–Crippen LogP) is 2.84. The van der Waals surface area contributed by atoms with Crippen molar-refractivity contribution in [3.8, 4) is 0 Å². The van der Waals surface area contributed by atoms with Crippen molar-refractivity contribution in [2.45, 2.75) is 32.1 Å². The highest BCUT2D eigenvalue weighted by molar-refractivity contribution is 9.10. The standard InChI is InChI=1S/C16H23BrN2O/c1-15(2,12-5-4-6-13(17)9-12)10-19-14(20)16(7-8-16)11-18-3/h4-6,9,18H,7-8,10-11H2,1-3H3,(H,19,20). The van der Waals surface area contributed by atoms with E-state index in [1.54, 1.807) is 0 Å². The van der Waals surface area contributed by atoms with Crippen molar-refractivity contribution in [1.82, 2.24) is 10.6 Å². The predicted molar refractivity (Wildman–Crippen MR) is 85.8 cm³/mol. The molecule has 1 fully saturated rings. The molecular weight excluding hydrogens is 316 g/mol. The molecule has 110 valence electrons. The summed E-state index contributed by atoms with van der Waals surface area (Å²) >= 11 is 3.50. The number of hydrogen-bond donors (Lipinski definition) is 2. The summed E-state index contributed by atoms with van der Waals surface area (Å²) < 4.78 is 1.07. The molecule has 20 heavy (non-hydrogen) atoms. The fourth-order valence-corrected chi connectivity index (χ4v) is 2.87. The van der Waals surface area contributed by atoms with Gasteiger partial charge in [-0.05, 0) is 37.6 Å². The lowest BCUT2D eigenvalue weighted by Crippen LogP contribution is -2.43. The van der Waals surface area contributed by atoms with Crippen molar-refractivity contribution in [3.63, 3.8) is 0 Å². The van der Waals surface area contributed by atoms with Crippen LogP contribution >= 0.6 is 15.9 Å². The van der Waals surface area contributed by atoms with E-state index in [9.17, 15) is 4.79 Å². The minimum atomic E-state index is -0.151. The van der Waals surface area contributed by atoms with Crippen LogP contribution in [0.1, 0.15) is 32.3 Å². The maximum Gasteiger partial charge on any atom is 0.227 e. The van der Waals surface area contributed by atoms with E-state index >= 15 is 0 Å². The topological polar surface area (TPSA) is 41.1 Å². The van der Waals surface area contributed by atoms with Gasteiger partial charge in [0, 0.05) is 23.0 Å². The van der Waals surface area contributed by atoms with Gasteiger partial charge in [0.25, 0.3) is 0 Å². The molecule has 1 aliphatic rings. The summed E-state index contributed by atoms with van der Waals surface area (Å²) in [7, 11) is 1.90. The van der Waals surface area contributed by atoms with E-state index in [4.69, 9.17) is 0 Å². The quantitative estimate of drug-likeness (QED) is 0.837. The van der Waals surface area contributed by atoms with Gasteiger partial charge >= 0.3 is 0 Å². The zero-order valence-electron chi connectivity index (χ0n) is 12.4. The monoisotopic (exact) mass is 338 g/mol. The number of carbonyl (C=O) groups is 1. The fourth-order valence-electron chi connectivity index (χ4n) is 2.47. The lowest BCUT2D eigenvalue weighted by molar-refractivity contribution is -0.126. The third kappa shape index (κ3) is 3.41. The zero-order chi connectivity index (χ0) is 14.8. The van der Waals surface area contributed by atoms with E-state index in [-0.39, 0.29) is 16.7 Å². The second-order valence-corrected chi connectivity index (χ2v) is 7.30. The zero-order valence-corrected chi connectivity index (χ0v) is 14.0. The Hall–Kier alpha value is -0.870. The molecule has 0 aliphatic heterocycles. The van der Waals surface area contributed by atoms with Crippen LogP contribution in [0.3, 0.4) is 0 Å². The number of rotatable bonds is 6. The SMILES string of the molecule is CNCC1(C(=O)NCC(C)(C)c2cccc(Br)c2)CC1. The average molecular weight is 339 g/mol. The number of amides is 1. The number of hydrogen-bond acceptors (Lipinski definition) is 2. The minimum Gasteiger partial charge on any atom is -0.355 e. The summed E-state index contributed by atoms with van der Waals surface area (Å²) in [6, 6.07) is 8.28. The summed E-state index contributed by atoms with van der Waals surface area (Å²) in [6.45, 7) is 5.75. The highest BCUT2D eigenvalue weighted by Gasteiger charge is 2.49. The van der Waals surface area contributed by atoms with Crippen molar-refractivity contribution in [3.05, 3.63) is 34.3 Å². The van der Waals surface area contributed by atoms with Gasteiger partial charge < -0.3 is 10.6 Å². The summed E-state index contributed by atoms with van der Waals surface area (Å²) in [5, 5.41) is 6.25. The van der Waals surface area contributed by atoms with Gasteiger partial charge in [-0.1, -0.05) is 41.9 Å². The van der Waals surface area contributed by atoms with Crippen LogP contribution < -0.4 is 10.6 Å². The highest BCUT2D eigenvalue weighted by Crippen LogP contribution is 2.45. The van der Waals surface area contributed by atoms with Crippen LogP contribution in [-0.2, 0) is 10.2 Å². The molecule has 0 unspecified atom stereocenters. The van der Waals surface area contributed by atoms with Gasteiger partial charge in [-0.25, -0.2) is 0 Å². The third-order valence-electron chi connectivity index (χ3n) is 4.15. The molecule has 0 bridgehead atoms. The number of benzene rings is 1. The molecule has 0 saturated heterocycles. The molecule has 1 saturated carbocycles. The molecule has 2 rings (SSSR count). The smallest absolute Gasteiger partial charge is 0.227 e. The molecule has 2 N–H and O–H groups in total. The largest absolute Gasteiger partial charge is 0.355 e. The van der Waals surface area contributed by atoms with Gasteiger partial charge in [0.1, 0.15) is 0 Å². The second-order valence-electron chi connectivity index (χ2n) is 6.39. The van der Waals surface area contributed by atoms with Gasteiger partial charge in [0.05, 0.1) is 5.41 Å². The van der Waals surface area contributed by atoms with E-state index < -0.39 is 0 Å². The van der Waals surface area contributed by atoms with E-state index in [2.05, 4.69) is 52.5 Å². The molecule has 0 radical (unpaired) electrons. The molecule has 0 spiro atoms. The molecule has 3 nitrogen and oxygen atoms in total. The third-order valence-corrected chi connectivity index (χ3v) is 4.64. The summed E-state index contributed by atoms with van der Waals surface area (Å²) in [5.74, 6) is 0.190. The van der Waals surface area contributed by atoms with Crippen LogP contribution in [0, 0.1) is 5.41 Å². The Morgan fingerprint density at radius 1 is 1.40 bits per heavy atom. The minimum absolute atomic E-state index is 0.0742. The lowest BCUT2D eigenvalue weighted by Gasteiger charge is -2.27. The van der Waals surface area contributed by atoms with Crippen LogP contribution in [0.2, 0.25) is 0 Å². The summed E-state index contributed by atoms with van der Waals surface area (Å²) in [4.78, 5) is 12.3. The Labute approximate surface area is 129 Å². The van der Waals surface area contributed by atoms with Gasteiger partial charge in [-0.3, -0.25) is 4.79 Å². The molecule has 0 atom stereocenters. The van der Waals surface area contributed by atoms with E-state index in [1.807, 2.05) is 19.2 Å². The fraction of sp³-hybridized carbons (Fsp3) is 0.562. The number of halogens is 1. The summed E-state index contributed by atoms with van der Waals surface area (Å²) in [6.07, 6.45) is 1.99. The highest BCUT2D eigenvalue weighted by atomic mass is 79.9. The van der Waals surface area contributed by atoms with Gasteiger partial charge in [0.15, 0.2) is 0 Å². The Kier molecular flexibility index (Phi) is 4.55. The van der Waals surface area contributed by atoms with Crippen molar-refractivity contribution < 1.29 is 4.79 Å². The molecule has 0 heterocycles. The lowest BCUT2D eigenvalue weighted by atomic mass is 9.84. The summed E-state index contributed by atoms with van der Waals surface area (Å²) in [5.41, 5.74) is 1.00. The molecule has 4 heteroatoms. The van der Waals surface area contributed by atoms with Crippen molar-refractivity contribution >= 4 is 21.8 Å². The van der Waals surface area contributed by atoms with Gasteiger partial charge in [-0.15, -0.1) is 0 Å². The first-order valence-electron chi connectivity index (χ1n) is 7.09. The van der Waals surface area contributed by atoms with Gasteiger partial charge in [-0.2, -0.15) is 0 Å². The maximum atomic E-state index is 12.3. The normalized spacial score (nSPS) is 16.8.